The Labute approximate surface area is 86.1 Å². The van der Waals surface area contributed by atoms with E-state index in [-0.39, 0.29) is 6.04 Å². The van der Waals surface area contributed by atoms with Crippen molar-refractivity contribution < 1.29 is 8.42 Å². The Hall–Kier alpha value is -0.130. The summed E-state index contributed by atoms with van der Waals surface area (Å²) in [6, 6.07) is 0.277. The van der Waals surface area contributed by atoms with Crippen molar-refractivity contribution in [2.24, 2.45) is 0 Å². The molecule has 0 unspecified atom stereocenters. The smallest absolute Gasteiger partial charge is 0.195 e. The second-order valence-electron chi connectivity index (χ2n) is 4.23. The van der Waals surface area contributed by atoms with E-state index in [1.54, 1.807) is 11.4 Å². The second-order valence-corrected chi connectivity index (χ2v) is 6.22. The van der Waals surface area contributed by atoms with Gasteiger partial charge in [-0.15, -0.1) is 0 Å². The maximum Gasteiger partial charge on any atom is 0.282 e. The highest BCUT2D eigenvalue weighted by molar-refractivity contribution is 7.87. The number of hydrogen-bond acceptors (Lipinski definition) is 2. The van der Waals surface area contributed by atoms with E-state index >= 15 is 0 Å². The topological polar surface area (TPSA) is 40.6 Å². The molecule has 1 aliphatic heterocycles. The van der Waals surface area contributed by atoms with Crippen LogP contribution in [0.5, 0.6) is 0 Å². The Kier molecular flexibility index (Phi) is 2.81. The molecule has 1 aliphatic carbocycles. The van der Waals surface area contributed by atoms with Crippen LogP contribution in [0, 0.1) is 0 Å². The zero-order valence-corrected chi connectivity index (χ0v) is 9.46. The van der Waals surface area contributed by atoms with E-state index in [0.29, 0.717) is 13.1 Å². The molecule has 0 amide bonds. The van der Waals surface area contributed by atoms with E-state index < -0.39 is 10.2 Å². The van der Waals surface area contributed by atoms with Gasteiger partial charge in [0.15, 0.2) is 0 Å². The molecule has 5 heteroatoms. The van der Waals surface area contributed by atoms with Gasteiger partial charge in [0, 0.05) is 26.2 Å². The zero-order chi connectivity index (χ0) is 10.2. The predicted molar refractivity (Wildman–Crippen MR) is 55.1 cm³/mol. The Morgan fingerprint density at radius 1 is 1.07 bits per heavy atom. The standard InChI is InChI=1S/C9H18N2O2S/c1-10-7-8-11(14(10,12)13)9-5-3-2-4-6-9/h9H,2-8H2,1H3. The lowest BCUT2D eigenvalue weighted by atomic mass is 9.95. The average Bonchev–Trinajstić information content (AvgIpc) is 2.44. The van der Waals surface area contributed by atoms with Crippen molar-refractivity contribution in [1.82, 2.24) is 8.61 Å². The van der Waals surface area contributed by atoms with Crippen LogP contribution in [0.2, 0.25) is 0 Å². The predicted octanol–water partition coefficient (Wildman–Crippen LogP) is 0.811. The first-order valence-electron chi connectivity index (χ1n) is 5.35. The molecular formula is C9H18N2O2S. The minimum atomic E-state index is -3.10. The van der Waals surface area contributed by atoms with Crippen LogP contribution in [0.25, 0.3) is 0 Å². The van der Waals surface area contributed by atoms with Crippen LogP contribution < -0.4 is 0 Å². The van der Waals surface area contributed by atoms with Gasteiger partial charge in [-0.2, -0.15) is 17.0 Å². The molecule has 0 aromatic carbocycles. The van der Waals surface area contributed by atoms with Crippen molar-refractivity contribution in [3.63, 3.8) is 0 Å². The first kappa shape index (κ1) is 10.4. The molecule has 2 aliphatic rings. The number of rotatable bonds is 1. The second kappa shape index (κ2) is 3.79. The van der Waals surface area contributed by atoms with Crippen molar-refractivity contribution >= 4 is 10.2 Å². The van der Waals surface area contributed by atoms with E-state index in [0.717, 1.165) is 12.8 Å². The lowest BCUT2D eigenvalue weighted by Crippen LogP contribution is -2.40. The van der Waals surface area contributed by atoms with E-state index in [4.69, 9.17) is 0 Å². The summed E-state index contributed by atoms with van der Waals surface area (Å²) < 4.78 is 26.8. The molecule has 0 radical (unpaired) electrons. The van der Waals surface area contributed by atoms with Gasteiger partial charge >= 0.3 is 0 Å². The van der Waals surface area contributed by atoms with Crippen LogP contribution in [0.4, 0.5) is 0 Å². The monoisotopic (exact) mass is 218 g/mol. The van der Waals surface area contributed by atoms with Gasteiger partial charge in [0.05, 0.1) is 0 Å². The molecule has 4 nitrogen and oxygen atoms in total. The van der Waals surface area contributed by atoms with Gasteiger partial charge in [-0.3, -0.25) is 0 Å². The number of nitrogens with zero attached hydrogens (tertiary/aromatic N) is 2. The summed E-state index contributed by atoms with van der Waals surface area (Å²) in [5.41, 5.74) is 0. The Bertz CT molecular complexity index is 296. The maximum absolute atomic E-state index is 11.8. The highest BCUT2D eigenvalue weighted by Gasteiger charge is 2.38. The molecule has 0 aromatic heterocycles. The molecule has 82 valence electrons. The van der Waals surface area contributed by atoms with Crippen LogP contribution in [0.1, 0.15) is 32.1 Å². The van der Waals surface area contributed by atoms with Crippen molar-refractivity contribution in [3.05, 3.63) is 0 Å². The lowest BCUT2D eigenvalue weighted by molar-refractivity contribution is 0.270. The van der Waals surface area contributed by atoms with Gasteiger partial charge < -0.3 is 0 Å². The molecule has 2 rings (SSSR count). The van der Waals surface area contributed by atoms with Gasteiger partial charge in [0.25, 0.3) is 10.2 Å². The van der Waals surface area contributed by atoms with Crippen LogP contribution in [-0.4, -0.2) is 43.2 Å². The third-order valence-corrected chi connectivity index (χ3v) is 5.35. The average molecular weight is 218 g/mol. The zero-order valence-electron chi connectivity index (χ0n) is 8.65. The summed E-state index contributed by atoms with van der Waals surface area (Å²) in [7, 11) is -1.43. The summed E-state index contributed by atoms with van der Waals surface area (Å²) in [4.78, 5) is 0. The van der Waals surface area contributed by atoms with Crippen LogP contribution in [0.15, 0.2) is 0 Å². The van der Waals surface area contributed by atoms with Crippen LogP contribution in [0.3, 0.4) is 0 Å². The molecular weight excluding hydrogens is 200 g/mol. The number of likely N-dealkylation sites (N-methyl/N-ethyl adjacent to an activating group) is 1. The molecule has 0 aromatic rings. The minimum absolute atomic E-state index is 0.277. The minimum Gasteiger partial charge on any atom is -0.195 e. The lowest BCUT2D eigenvalue weighted by Gasteiger charge is -2.29. The summed E-state index contributed by atoms with van der Waals surface area (Å²) in [5, 5.41) is 0. The Morgan fingerprint density at radius 2 is 1.71 bits per heavy atom. The highest BCUT2D eigenvalue weighted by Crippen LogP contribution is 2.27. The summed E-state index contributed by atoms with van der Waals surface area (Å²) >= 11 is 0. The fourth-order valence-electron chi connectivity index (χ4n) is 2.39. The van der Waals surface area contributed by atoms with E-state index in [1.165, 1.54) is 23.6 Å². The van der Waals surface area contributed by atoms with Gasteiger partial charge in [-0.1, -0.05) is 19.3 Å². The maximum atomic E-state index is 11.8. The Morgan fingerprint density at radius 3 is 2.21 bits per heavy atom. The fourth-order valence-corrected chi connectivity index (χ4v) is 3.96. The van der Waals surface area contributed by atoms with Gasteiger partial charge in [0.2, 0.25) is 0 Å². The largest absolute Gasteiger partial charge is 0.282 e. The summed E-state index contributed by atoms with van der Waals surface area (Å²) in [6.07, 6.45) is 5.72. The van der Waals surface area contributed by atoms with Gasteiger partial charge in [-0.25, -0.2) is 0 Å². The molecule has 0 atom stereocenters. The molecule has 1 saturated heterocycles. The summed E-state index contributed by atoms with van der Waals surface area (Å²) in [5.74, 6) is 0. The van der Waals surface area contributed by atoms with Gasteiger partial charge in [-0.05, 0) is 12.8 Å². The third kappa shape index (κ3) is 1.68. The molecule has 2 fully saturated rings. The first-order chi connectivity index (χ1) is 6.62. The number of hydrogen-bond donors (Lipinski definition) is 0. The fraction of sp³-hybridized carbons (Fsp3) is 1.00. The van der Waals surface area contributed by atoms with Gasteiger partial charge in [0.1, 0.15) is 0 Å². The highest BCUT2D eigenvalue weighted by atomic mass is 32.2. The quantitative estimate of drug-likeness (QED) is 0.653. The molecule has 0 N–H and O–H groups in total. The van der Waals surface area contributed by atoms with Crippen molar-refractivity contribution in [1.29, 1.82) is 0 Å². The van der Waals surface area contributed by atoms with Crippen LogP contribution >= 0.6 is 0 Å². The molecule has 1 saturated carbocycles. The van der Waals surface area contributed by atoms with E-state index in [9.17, 15) is 8.42 Å². The molecule has 0 bridgehead atoms. The van der Waals surface area contributed by atoms with Crippen molar-refractivity contribution in [2.75, 3.05) is 20.1 Å². The van der Waals surface area contributed by atoms with Crippen molar-refractivity contribution in [2.45, 2.75) is 38.1 Å². The van der Waals surface area contributed by atoms with E-state index in [2.05, 4.69) is 0 Å². The normalized spacial score (nSPS) is 30.9. The van der Waals surface area contributed by atoms with Crippen LogP contribution in [-0.2, 0) is 10.2 Å². The molecule has 14 heavy (non-hydrogen) atoms. The summed E-state index contributed by atoms with van der Waals surface area (Å²) in [6.45, 7) is 1.34. The molecule has 0 spiro atoms. The first-order valence-corrected chi connectivity index (χ1v) is 6.75. The third-order valence-electron chi connectivity index (χ3n) is 3.31. The SMILES string of the molecule is CN1CCN(C2CCCCC2)S1(=O)=O. The Balaban J connectivity index is 2.11. The van der Waals surface area contributed by atoms with Crippen molar-refractivity contribution in [3.8, 4) is 0 Å². The van der Waals surface area contributed by atoms with E-state index in [1.807, 2.05) is 0 Å². The molecule has 1 heterocycles.